The molecule has 9 heteroatoms. The van der Waals surface area contributed by atoms with E-state index >= 15 is 0 Å². The van der Waals surface area contributed by atoms with Crippen LogP contribution in [0, 0.1) is 18.7 Å². The molecule has 2 aromatic heterocycles. The van der Waals surface area contributed by atoms with Gasteiger partial charge < -0.3 is 0 Å². The lowest BCUT2D eigenvalue weighted by Crippen LogP contribution is -2.30. The van der Waals surface area contributed by atoms with E-state index in [0.29, 0.717) is 0 Å². The van der Waals surface area contributed by atoms with Crippen molar-refractivity contribution in [3.8, 4) is 5.69 Å². The molecule has 6 nitrogen and oxygen atoms in total. The van der Waals surface area contributed by atoms with Crippen molar-refractivity contribution in [2.45, 2.75) is 30.7 Å². The van der Waals surface area contributed by atoms with E-state index in [0.717, 1.165) is 29.5 Å². The van der Waals surface area contributed by atoms with E-state index in [9.17, 15) is 12.8 Å². The Labute approximate surface area is 154 Å². The van der Waals surface area contributed by atoms with Crippen LogP contribution in [0.2, 0.25) is 0 Å². The molecule has 2 heterocycles. The molecule has 1 atom stereocenters. The third-order valence-electron chi connectivity index (χ3n) is 4.28. The third-order valence-corrected chi connectivity index (χ3v) is 6.58. The van der Waals surface area contributed by atoms with Crippen LogP contribution in [0.15, 0.2) is 47.1 Å². The summed E-state index contributed by atoms with van der Waals surface area (Å²) in [6.07, 6.45) is 6.86. The topological polar surface area (TPSA) is 76.9 Å². The van der Waals surface area contributed by atoms with Crippen molar-refractivity contribution < 1.29 is 12.8 Å². The highest BCUT2D eigenvalue weighted by Gasteiger charge is 2.37. The normalized spacial score (nSPS) is 15.9. The summed E-state index contributed by atoms with van der Waals surface area (Å²) in [6, 6.07) is 3.48. The molecule has 3 aromatic rings. The molecule has 1 unspecified atom stereocenters. The number of thiazole rings is 1. The quantitative estimate of drug-likeness (QED) is 0.699. The zero-order valence-corrected chi connectivity index (χ0v) is 15.6. The molecule has 0 amide bonds. The van der Waals surface area contributed by atoms with Crippen LogP contribution in [-0.2, 0) is 10.0 Å². The van der Waals surface area contributed by atoms with Gasteiger partial charge in [-0.25, -0.2) is 27.2 Å². The molecule has 0 bridgehead atoms. The lowest BCUT2D eigenvalue weighted by molar-refractivity contribution is 0.526. The van der Waals surface area contributed by atoms with Gasteiger partial charge in [-0.15, -0.1) is 11.3 Å². The van der Waals surface area contributed by atoms with Gasteiger partial charge in [-0.1, -0.05) is 0 Å². The highest BCUT2D eigenvalue weighted by molar-refractivity contribution is 7.89. The SMILES string of the molecule is Cc1cnn(-c2ccc(S(=O)(=O)NC(c3nccs3)C3CC3)cc2F)c1. The van der Waals surface area contributed by atoms with Gasteiger partial charge in [0.15, 0.2) is 0 Å². The molecule has 0 radical (unpaired) electrons. The molecule has 1 aliphatic rings. The van der Waals surface area contributed by atoms with E-state index in [-0.39, 0.29) is 22.5 Å². The summed E-state index contributed by atoms with van der Waals surface area (Å²) >= 11 is 1.42. The Morgan fingerprint density at radius 1 is 1.38 bits per heavy atom. The highest BCUT2D eigenvalue weighted by Crippen LogP contribution is 2.42. The fourth-order valence-electron chi connectivity index (χ4n) is 2.79. The second-order valence-electron chi connectivity index (χ2n) is 6.38. The summed E-state index contributed by atoms with van der Waals surface area (Å²) in [7, 11) is -3.86. The first-order valence-corrected chi connectivity index (χ1v) is 10.5. The Balaban J connectivity index is 1.62. The van der Waals surface area contributed by atoms with Crippen LogP contribution in [0.25, 0.3) is 5.69 Å². The number of hydrogen-bond donors (Lipinski definition) is 1. The summed E-state index contributed by atoms with van der Waals surface area (Å²) in [6.45, 7) is 1.85. The van der Waals surface area contributed by atoms with E-state index in [1.165, 1.54) is 28.2 Å². The van der Waals surface area contributed by atoms with Crippen LogP contribution in [0.1, 0.15) is 29.5 Å². The minimum atomic E-state index is -3.86. The highest BCUT2D eigenvalue weighted by atomic mass is 32.2. The largest absolute Gasteiger partial charge is 0.248 e. The number of hydrogen-bond acceptors (Lipinski definition) is 5. The van der Waals surface area contributed by atoms with Crippen molar-refractivity contribution in [2.75, 3.05) is 0 Å². The first kappa shape index (κ1) is 17.3. The zero-order valence-electron chi connectivity index (χ0n) is 14.0. The number of nitrogens with zero attached hydrogens (tertiary/aromatic N) is 3. The van der Waals surface area contributed by atoms with Crippen LogP contribution in [0.4, 0.5) is 4.39 Å². The van der Waals surface area contributed by atoms with Gasteiger partial charge in [0.2, 0.25) is 10.0 Å². The molecule has 1 fully saturated rings. The third kappa shape index (κ3) is 3.42. The van der Waals surface area contributed by atoms with Crippen molar-refractivity contribution in [1.82, 2.24) is 19.5 Å². The fourth-order valence-corrected chi connectivity index (χ4v) is 4.92. The number of aryl methyl sites for hydroxylation is 1. The van der Waals surface area contributed by atoms with Crippen molar-refractivity contribution in [3.63, 3.8) is 0 Å². The molecule has 1 saturated carbocycles. The zero-order chi connectivity index (χ0) is 18.3. The summed E-state index contributed by atoms with van der Waals surface area (Å²) in [4.78, 5) is 4.13. The summed E-state index contributed by atoms with van der Waals surface area (Å²) in [5, 5.41) is 6.61. The average molecular weight is 392 g/mol. The molecule has 4 rings (SSSR count). The Morgan fingerprint density at radius 3 is 2.77 bits per heavy atom. The minimum absolute atomic E-state index is 0.107. The molecular formula is C17H17FN4O2S2. The number of sulfonamides is 1. The van der Waals surface area contributed by atoms with Crippen molar-refractivity contribution >= 4 is 21.4 Å². The molecule has 0 aliphatic heterocycles. The molecular weight excluding hydrogens is 375 g/mol. The summed E-state index contributed by atoms with van der Waals surface area (Å²) in [5.74, 6) is -0.403. The molecule has 1 N–H and O–H groups in total. The number of benzene rings is 1. The van der Waals surface area contributed by atoms with Crippen molar-refractivity contribution in [2.24, 2.45) is 5.92 Å². The smallest absolute Gasteiger partial charge is 0.241 e. The number of halogens is 1. The van der Waals surface area contributed by atoms with Crippen LogP contribution in [0.3, 0.4) is 0 Å². The van der Waals surface area contributed by atoms with Gasteiger partial charge in [0.1, 0.15) is 16.5 Å². The van der Waals surface area contributed by atoms with Crippen LogP contribution in [0.5, 0.6) is 0 Å². The standard InChI is InChI=1S/C17H17FN4O2S2/c1-11-9-20-22(10-11)15-5-4-13(8-14(15)18)26(23,24)21-16(12-2-3-12)17-19-6-7-25-17/h4-10,12,16,21H,2-3H2,1H3. The van der Waals surface area contributed by atoms with Crippen LogP contribution in [-0.4, -0.2) is 23.2 Å². The Bertz CT molecular complexity index is 1030. The predicted octanol–water partition coefficient (Wildman–Crippen LogP) is 3.21. The van der Waals surface area contributed by atoms with Gasteiger partial charge >= 0.3 is 0 Å². The maximum absolute atomic E-state index is 14.5. The Hall–Kier alpha value is -2.10. The number of nitrogens with one attached hydrogen (secondary N) is 1. The van der Waals surface area contributed by atoms with Crippen LogP contribution >= 0.6 is 11.3 Å². The lowest BCUT2D eigenvalue weighted by atomic mass is 10.2. The Morgan fingerprint density at radius 2 is 2.19 bits per heavy atom. The van der Waals surface area contributed by atoms with E-state index in [4.69, 9.17) is 0 Å². The summed E-state index contributed by atoms with van der Waals surface area (Å²) < 4.78 is 44.1. The molecule has 1 aliphatic carbocycles. The Kier molecular flexibility index (Phi) is 4.37. The van der Waals surface area contributed by atoms with Gasteiger partial charge in [0, 0.05) is 17.8 Å². The monoisotopic (exact) mass is 392 g/mol. The van der Waals surface area contributed by atoms with Crippen molar-refractivity contribution in [3.05, 3.63) is 58.6 Å². The summed E-state index contributed by atoms with van der Waals surface area (Å²) in [5.41, 5.74) is 1.09. The van der Waals surface area contributed by atoms with E-state index in [1.54, 1.807) is 18.6 Å². The molecule has 1 aromatic carbocycles. The minimum Gasteiger partial charge on any atom is -0.248 e. The predicted molar refractivity (Wildman–Crippen MR) is 96.2 cm³/mol. The lowest BCUT2D eigenvalue weighted by Gasteiger charge is -2.16. The van der Waals surface area contributed by atoms with Crippen LogP contribution < -0.4 is 4.72 Å². The van der Waals surface area contributed by atoms with E-state index in [2.05, 4.69) is 14.8 Å². The van der Waals surface area contributed by atoms with Crippen molar-refractivity contribution in [1.29, 1.82) is 0 Å². The van der Waals surface area contributed by atoms with Gasteiger partial charge in [0.25, 0.3) is 0 Å². The van der Waals surface area contributed by atoms with Gasteiger partial charge in [0.05, 0.1) is 17.1 Å². The first-order chi connectivity index (χ1) is 12.4. The first-order valence-electron chi connectivity index (χ1n) is 8.17. The second-order valence-corrected chi connectivity index (χ2v) is 9.02. The van der Waals surface area contributed by atoms with Gasteiger partial charge in [-0.2, -0.15) is 5.10 Å². The molecule has 0 spiro atoms. The maximum atomic E-state index is 14.5. The fraction of sp³-hybridized carbons (Fsp3) is 0.294. The molecule has 0 saturated heterocycles. The van der Waals surface area contributed by atoms with E-state index < -0.39 is 15.8 Å². The number of aromatic nitrogens is 3. The maximum Gasteiger partial charge on any atom is 0.241 e. The van der Waals surface area contributed by atoms with Gasteiger partial charge in [-0.05, 0) is 49.4 Å². The average Bonchev–Trinajstić information content (AvgIpc) is 3.11. The number of rotatable bonds is 6. The molecule has 26 heavy (non-hydrogen) atoms. The molecule has 136 valence electrons. The second kappa shape index (κ2) is 6.57. The van der Waals surface area contributed by atoms with E-state index in [1.807, 2.05) is 12.3 Å². The van der Waals surface area contributed by atoms with Gasteiger partial charge in [-0.3, -0.25) is 0 Å².